The van der Waals surface area contributed by atoms with Gasteiger partial charge in [-0.05, 0) is 31.8 Å². The molecule has 0 aromatic heterocycles. The average Bonchev–Trinajstić information content (AvgIpc) is 2.46. The Balaban J connectivity index is 2.07. The first-order valence-electron chi connectivity index (χ1n) is 7.15. The lowest BCUT2D eigenvalue weighted by atomic mass is 10.0. The molecule has 118 valence electrons. The second-order valence-electron chi connectivity index (χ2n) is 5.57. The summed E-state index contributed by atoms with van der Waals surface area (Å²) in [7, 11) is 3.88. The smallest absolute Gasteiger partial charge is 0.312 e. The Morgan fingerprint density at radius 3 is 2.43 bits per heavy atom. The Hall–Kier alpha value is -1.11. The molecular formula is C15H22F3N3. The standard InChI is InChI=1S/C15H22F3N3/c1-19-14(11-21-8-6-20(2)7-9-21)12-4-3-5-13(10-12)15(16,17)18/h3-5,10,14,19H,6-9,11H2,1-2H3. The summed E-state index contributed by atoms with van der Waals surface area (Å²) in [4.78, 5) is 4.55. The van der Waals surface area contributed by atoms with Gasteiger partial charge in [-0.2, -0.15) is 13.2 Å². The van der Waals surface area contributed by atoms with Crippen molar-refractivity contribution in [2.24, 2.45) is 0 Å². The van der Waals surface area contributed by atoms with Crippen molar-refractivity contribution in [3.05, 3.63) is 35.4 Å². The molecule has 0 amide bonds. The Morgan fingerprint density at radius 2 is 1.86 bits per heavy atom. The molecule has 0 bridgehead atoms. The van der Waals surface area contributed by atoms with Crippen LogP contribution in [0.4, 0.5) is 13.2 Å². The van der Waals surface area contributed by atoms with Crippen molar-refractivity contribution >= 4 is 0 Å². The lowest BCUT2D eigenvalue weighted by Gasteiger charge is -2.34. The van der Waals surface area contributed by atoms with Crippen LogP contribution in [0.5, 0.6) is 0 Å². The summed E-state index contributed by atoms with van der Waals surface area (Å²) in [6.45, 7) is 4.63. The van der Waals surface area contributed by atoms with Crippen LogP contribution in [0.2, 0.25) is 0 Å². The Kier molecular flexibility index (Phi) is 5.24. The first-order valence-corrected chi connectivity index (χ1v) is 7.15. The van der Waals surface area contributed by atoms with Gasteiger partial charge in [0, 0.05) is 38.8 Å². The van der Waals surface area contributed by atoms with Crippen molar-refractivity contribution in [2.45, 2.75) is 12.2 Å². The molecule has 1 heterocycles. The molecule has 2 rings (SSSR count). The number of rotatable bonds is 4. The van der Waals surface area contributed by atoms with Crippen LogP contribution in [0.3, 0.4) is 0 Å². The number of benzene rings is 1. The monoisotopic (exact) mass is 301 g/mol. The van der Waals surface area contributed by atoms with E-state index < -0.39 is 11.7 Å². The summed E-state index contributed by atoms with van der Waals surface area (Å²) < 4.78 is 38.4. The molecule has 1 aliphatic rings. The first-order chi connectivity index (χ1) is 9.90. The molecule has 0 saturated carbocycles. The number of nitrogens with zero attached hydrogens (tertiary/aromatic N) is 2. The van der Waals surface area contributed by atoms with Crippen LogP contribution in [-0.4, -0.2) is 56.6 Å². The normalized spacial score (nSPS) is 19.7. The summed E-state index contributed by atoms with van der Waals surface area (Å²) in [6, 6.07) is 5.51. The summed E-state index contributed by atoms with van der Waals surface area (Å²) in [5.41, 5.74) is 0.102. The molecule has 1 aromatic rings. The fourth-order valence-corrected chi connectivity index (χ4v) is 2.58. The van der Waals surface area contributed by atoms with Gasteiger partial charge in [0.2, 0.25) is 0 Å². The van der Waals surface area contributed by atoms with Crippen molar-refractivity contribution in [1.82, 2.24) is 15.1 Å². The molecular weight excluding hydrogens is 279 g/mol. The summed E-state index contributed by atoms with van der Waals surface area (Å²) in [5.74, 6) is 0. The number of hydrogen-bond donors (Lipinski definition) is 1. The second-order valence-corrected chi connectivity index (χ2v) is 5.57. The zero-order valence-corrected chi connectivity index (χ0v) is 12.5. The van der Waals surface area contributed by atoms with Crippen molar-refractivity contribution in [3.8, 4) is 0 Å². The fourth-order valence-electron chi connectivity index (χ4n) is 2.58. The van der Waals surface area contributed by atoms with Gasteiger partial charge in [-0.15, -0.1) is 0 Å². The van der Waals surface area contributed by atoms with Gasteiger partial charge in [-0.25, -0.2) is 0 Å². The molecule has 6 heteroatoms. The highest BCUT2D eigenvalue weighted by Crippen LogP contribution is 2.30. The lowest BCUT2D eigenvalue weighted by Crippen LogP contribution is -2.47. The minimum absolute atomic E-state index is 0.0873. The minimum Gasteiger partial charge on any atom is -0.312 e. The molecule has 1 aromatic carbocycles. The molecule has 21 heavy (non-hydrogen) atoms. The second kappa shape index (κ2) is 6.77. The SMILES string of the molecule is CNC(CN1CCN(C)CC1)c1cccc(C(F)(F)F)c1. The summed E-state index contributed by atoms with van der Waals surface area (Å²) in [5, 5.41) is 3.13. The first kappa shape index (κ1) is 16.3. The van der Waals surface area contributed by atoms with Crippen LogP contribution in [0, 0.1) is 0 Å². The van der Waals surface area contributed by atoms with Crippen molar-refractivity contribution in [3.63, 3.8) is 0 Å². The van der Waals surface area contributed by atoms with Crippen molar-refractivity contribution in [1.29, 1.82) is 0 Å². The molecule has 1 atom stereocenters. The fraction of sp³-hybridized carbons (Fsp3) is 0.600. The minimum atomic E-state index is -4.29. The van der Waals surface area contributed by atoms with Crippen LogP contribution in [0.1, 0.15) is 17.2 Å². The number of piperazine rings is 1. The highest BCUT2D eigenvalue weighted by atomic mass is 19.4. The molecule has 0 radical (unpaired) electrons. The van der Waals surface area contributed by atoms with Crippen LogP contribution in [-0.2, 0) is 6.18 Å². The van der Waals surface area contributed by atoms with Crippen LogP contribution in [0.15, 0.2) is 24.3 Å². The van der Waals surface area contributed by atoms with E-state index in [4.69, 9.17) is 0 Å². The zero-order chi connectivity index (χ0) is 15.5. The van der Waals surface area contributed by atoms with E-state index in [0.29, 0.717) is 5.56 Å². The average molecular weight is 301 g/mol. The Bertz CT molecular complexity index is 454. The molecule has 0 aliphatic carbocycles. The summed E-state index contributed by atoms with van der Waals surface area (Å²) in [6.07, 6.45) is -4.29. The third-order valence-corrected chi connectivity index (χ3v) is 4.00. The third-order valence-electron chi connectivity index (χ3n) is 4.00. The van der Waals surface area contributed by atoms with E-state index >= 15 is 0 Å². The van der Waals surface area contributed by atoms with E-state index in [9.17, 15) is 13.2 Å². The van der Waals surface area contributed by atoms with Gasteiger partial charge in [-0.1, -0.05) is 12.1 Å². The Morgan fingerprint density at radius 1 is 1.19 bits per heavy atom. The van der Waals surface area contributed by atoms with Gasteiger partial charge in [0.1, 0.15) is 0 Å². The van der Waals surface area contributed by atoms with Gasteiger partial charge < -0.3 is 10.2 Å². The van der Waals surface area contributed by atoms with Crippen LogP contribution >= 0.6 is 0 Å². The van der Waals surface area contributed by atoms with E-state index in [1.165, 1.54) is 12.1 Å². The van der Waals surface area contributed by atoms with E-state index in [1.807, 2.05) is 0 Å². The molecule has 1 unspecified atom stereocenters. The van der Waals surface area contributed by atoms with Gasteiger partial charge in [0.25, 0.3) is 0 Å². The maximum Gasteiger partial charge on any atom is 0.416 e. The zero-order valence-electron chi connectivity index (χ0n) is 12.5. The molecule has 1 aliphatic heterocycles. The number of likely N-dealkylation sites (N-methyl/N-ethyl adjacent to an activating group) is 2. The summed E-state index contributed by atoms with van der Waals surface area (Å²) >= 11 is 0. The van der Waals surface area contributed by atoms with Crippen molar-refractivity contribution < 1.29 is 13.2 Å². The van der Waals surface area contributed by atoms with Gasteiger partial charge in [0.05, 0.1) is 5.56 Å². The van der Waals surface area contributed by atoms with Gasteiger partial charge in [0.15, 0.2) is 0 Å². The maximum atomic E-state index is 12.8. The largest absolute Gasteiger partial charge is 0.416 e. The molecule has 3 nitrogen and oxygen atoms in total. The van der Waals surface area contributed by atoms with Gasteiger partial charge in [-0.3, -0.25) is 4.90 Å². The molecule has 1 fully saturated rings. The van der Waals surface area contributed by atoms with E-state index in [-0.39, 0.29) is 6.04 Å². The van der Waals surface area contributed by atoms with E-state index in [1.54, 1.807) is 13.1 Å². The highest BCUT2D eigenvalue weighted by Gasteiger charge is 2.31. The highest BCUT2D eigenvalue weighted by molar-refractivity contribution is 5.28. The van der Waals surface area contributed by atoms with E-state index in [0.717, 1.165) is 38.8 Å². The predicted molar refractivity (Wildman–Crippen MR) is 77.2 cm³/mol. The lowest BCUT2D eigenvalue weighted by molar-refractivity contribution is -0.137. The van der Waals surface area contributed by atoms with Crippen molar-refractivity contribution in [2.75, 3.05) is 46.8 Å². The molecule has 0 spiro atoms. The van der Waals surface area contributed by atoms with Gasteiger partial charge >= 0.3 is 6.18 Å². The van der Waals surface area contributed by atoms with E-state index in [2.05, 4.69) is 22.2 Å². The number of halogens is 3. The number of nitrogens with one attached hydrogen (secondary N) is 1. The molecule has 1 N–H and O–H groups in total. The number of hydrogen-bond acceptors (Lipinski definition) is 3. The predicted octanol–water partition coefficient (Wildman–Crippen LogP) is 2.21. The number of alkyl halides is 3. The Labute approximate surface area is 123 Å². The van der Waals surface area contributed by atoms with Crippen LogP contribution in [0.25, 0.3) is 0 Å². The third kappa shape index (κ3) is 4.43. The topological polar surface area (TPSA) is 18.5 Å². The quantitative estimate of drug-likeness (QED) is 0.920. The van der Waals surface area contributed by atoms with Crippen LogP contribution < -0.4 is 5.32 Å². The maximum absolute atomic E-state index is 12.8. The molecule has 1 saturated heterocycles.